The highest BCUT2D eigenvalue weighted by Gasteiger charge is 2.18. The van der Waals surface area contributed by atoms with Crippen LogP contribution in [0.15, 0.2) is 0 Å². The van der Waals surface area contributed by atoms with Crippen molar-refractivity contribution in [2.75, 3.05) is 12.3 Å². The monoisotopic (exact) mass is 248 g/mol. The van der Waals surface area contributed by atoms with Gasteiger partial charge in [0.2, 0.25) is 15.9 Å². The molecule has 6 heteroatoms. The number of rotatable bonds is 6. The zero-order chi connectivity index (χ0) is 12.0. The van der Waals surface area contributed by atoms with E-state index < -0.39 is 10.0 Å². The third-order valence-corrected chi connectivity index (χ3v) is 4.18. The van der Waals surface area contributed by atoms with E-state index in [9.17, 15) is 13.2 Å². The second kappa shape index (κ2) is 6.20. The molecule has 0 heterocycles. The average Bonchev–Trinajstić information content (AvgIpc) is 2.68. The molecule has 1 rings (SSSR count). The highest BCUT2D eigenvalue weighted by Crippen LogP contribution is 2.17. The van der Waals surface area contributed by atoms with E-state index in [0.29, 0.717) is 6.42 Å². The summed E-state index contributed by atoms with van der Waals surface area (Å²) in [5.41, 5.74) is 0. The molecule has 0 aromatic carbocycles. The first-order valence-electron chi connectivity index (χ1n) is 5.80. The number of hydrogen-bond acceptors (Lipinski definition) is 3. The Bertz CT molecular complexity index is 321. The molecule has 94 valence electrons. The van der Waals surface area contributed by atoms with Crippen LogP contribution < -0.4 is 10.0 Å². The molecule has 1 fully saturated rings. The Hall–Kier alpha value is -0.620. The fourth-order valence-electron chi connectivity index (χ4n) is 1.87. The zero-order valence-electron chi connectivity index (χ0n) is 9.66. The summed E-state index contributed by atoms with van der Waals surface area (Å²) in [4.78, 5) is 11.4. The number of nitrogens with one attached hydrogen (secondary N) is 2. The molecule has 2 N–H and O–H groups in total. The van der Waals surface area contributed by atoms with Gasteiger partial charge in [-0.15, -0.1) is 0 Å². The third kappa shape index (κ3) is 4.94. The van der Waals surface area contributed by atoms with Crippen molar-refractivity contribution in [1.82, 2.24) is 10.0 Å². The zero-order valence-corrected chi connectivity index (χ0v) is 10.5. The molecule has 0 aromatic rings. The Kier molecular flexibility index (Phi) is 5.21. The van der Waals surface area contributed by atoms with Gasteiger partial charge in [0.1, 0.15) is 0 Å². The predicted molar refractivity (Wildman–Crippen MR) is 62.5 cm³/mol. The summed E-state index contributed by atoms with van der Waals surface area (Å²) in [5, 5.41) is 2.83. The van der Waals surface area contributed by atoms with Gasteiger partial charge in [-0.2, -0.15) is 0 Å². The lowest BCUT2D eigenvalue weighted by molar-refractivity contribution is -0.120. The standard InChI is InChI=1S/C10H20N2O3S/c1-2-7-16(14,15)11-8-10(13)12-9-5-3-4-6-9/h9,11H,2-8H2,1H3,(H,12,13). The van der Waals surface area contributed by atoms with E-state index in [1.807, 2.05) is 0 Å². The molecule has 1 amide bonds. The Morgan fingerprint density at radius 2 is 1.94 bits per heavy atom. The second-order valence-corrected chi connectivity index (χ2v) is 6.12. The lowest BCUT2D eigenvalue weighted by Crippen LogP contribution is -2.41. The molecule has 0 atom stereocenters. The fourth-order valence-corrected chi connectivity index (χ4v) is 2.90. The third-order valence-electron chi connectivity index (χ3n) is 2.65. The number of sulfonamides is 1. The van der Waals surface area contributed by atoms with Crippen LogP contribution in [-0.4, -0.2) is 32.7 Å². The Balaban J connectivity index is 2.24. The molecule has 1 aliphatic carbocycles. The van der Waals surface area contributed by atoms with Gasteiger partial charge in [-0.05, 0) is 19.3 Å². The first-order valence-corrected chi connectivity index (χ1v) is 7.45. The van der Waals surface area contributed by atoms with Crippen LogP contribution in [0, 0.1) is 0 Å². The minimum atomic E-state index is -3.27. The molecular weight excluding hydrogens is 228 g/mol. The van der Waals surface area contributed by atoms with Crippen molar-refractivity contribution in [2.24, 2.45) is 0 Å². The molecular formula is C10H20N2O3S. The van der Waals surface area contributed by atoms with Crippen LogP contribution >= 0.6 is 0 Å². The van der Waals surface area contributed by atoms with E-state index in [1.54, 1.807) is 6.92 Å². The summed E-state index contributed by atoms with van der Waals surface area (Å²) < 4.78 is 24.9. The molecule has 0 unspecified atom stereocenters. The minimum absolute atomic E-state index is 0.0731. The lowest BCUT2D eigenvalue weighted by Gasteiger charge is -2.12. The first kappa shape index (κ1) is 13.4. The maximum absolute atomic E-state index is 11.4. The van der Waals surface area contributed by atoms with E-state index in [2.05, 4.69) is 10.0 Å². The van der Waals surface area contributed by atoms with Crippen LogP contribution in [0.2, 0.25) is 0 Å². The van der Waals surface area contributed by atoms with Crippen LogP contribution in [0.5, 0.6) is 0 Å². The van der Waals surface area contributed by atoms with Gasteiger partial charge in [0.25, 0.3) is 0 Å². The number of carbonyl (C=O) groups is 1. The summed E-state index contributed by atoms with van der Waals surface area (Å²) >= 11 is 0. The molecule has 0 aliphatic heterocycles. The molecule has 1 aliphatic rings. The Morgan fingerprint density at radius 3 is 2.50 bits per heavy atom. The SMILES string of the molecule is CCCS(=O)(=O)NCC(=O)NC1CCCC1. The summed E-state index contributed by atoms with van der Waals surface area (Å²) in [6.07, 6.45) is 4.86. The quantitative estimate of drug-likeness (QED) is 0.713. The molecule has 0 radical (unpaired) electrons. The van der Waals surface area contributed by atoms with Crippen LogP contribution in [0.3, 0.4) is 0 Å². The van der Waals surface area contributed by atoms with Crippen LogP contribution in [0.25, 0.3) is 0 Å². The predicted octanol–water partition coefficient (Wildman–Crippen LogP) is 0.375. The van der Waals surface area contributed by atoms with Crippen molar-refractivity contribution in [3.63, 3.8) is 0 Å². The van der Waals surface area contributed by atoms with Gasteiger partial charge >= 0.3 is 0 Å². The molecule has 5 nitrogen and oxygen atoms in total. The fraction of sp³-hybridized carbons (Fsp3) is 0.900. The van der Waals surface area contributed by atoms with Gasteiger partial charge in [0.05, 0.1) is 12.3 Å². The molecule has 0 saturated heterocycles. The number of hydrogen-bond donors (Lipinski definition) is 2. The topological polar surface area (TPSA) is 75.3 Å². The second-order valence-electron chi connectivity index (χ2n) is 4.19. The summed E-state index contributed by atoms with van der Waals surface area (Å²) in [7, 11) is -3.27. The van der Waals surface area contributed by atoms with E-state index in [4.69, 9.17) is 0 Å². The maximum atomic E-state index is 11.4. The number of carbonyl (C=O) groups excluding carboxylic acids is 1. The largest absolute Gasteiger partial charge is 0.352 e. The molecule has 0 spiro atoms. The van der Waals surface area contributed by atoms with Crippen molar-refractivity contribution in [2.45, 2.75) is 45.1 Å². The van der Waals surface area contributed by atoms with E-state index in [-0.39, 0.29) is 24.2 Å². The van der Waals surface area contributed by atoms with Gasteiger partial charge in [0.15, 0.2) is 0 Å². The summed E-state index contributed by atoms with van der Waals surface area (Å²) in [5.74, 6) is -0.157. The summed E-state index contributed by atoms with van der Waals surface area (Å²) in [6, 6.07) is 0.239. The first-order chi connectivity index (χ1) is 7.53. The van der Waals surface area contributed by atoms with Gasteiger partial charge in [0, 0.05) is 6.04 Å². The van der Waals surface area contributed by atoms with Crippen LogP contribution in [0.4, 0.5) is 0 Å². The smallest absolute Gasteiger partial charge is 0.235 e. The normalized spacial score (nSPS) is 17.6. The minimum Gasteiger partial charge on any atom is -0.352 e. The molecule has 0 bridgehead atoms. The van der Waals surface area contributed by atoms with E-state index in [0.717, 1.165) is 25.7 Å². The van der Waals surface area contributed by atoms with Crippen molar-refractivity contribution in [3.8, 4) is 0 Å². The van der Waals surface area contributed by atoms with Gasteiger partial charge in [-0.1, -0.05) is 19.8 Å². The van der Waals surface area contributed by atoms with E-state index in [1.165, 1.54) is 0 Å². The van der Waals surface area contributed by atoms with Gasteiger partial charge in [-0.3, -0.25) is 4.79 Å². The van der Waals surface area contributed by atoms with Crippen LogP contribution in [0.1, 0.15) is 39.0 Å². The van der Waals surface area contributed by atoms with Crippen molar-refractivity contribution < 1.29 is 13.2 Å². The summed E-state index contributed by atoms with van der Waals surface area (Å²) in [6.45, 7) is 1.65. The highest BCUT2D eigenvalue weighted by molar-refractivity contribution is 7.89. The van der Waals surface area contributed by atoms with Crippen molar-refractivity contribution in [3.05, 3.63) is 0 Å². The lowest BCUT2D eigenvalue weighted by atomic mass is 10.2. The van der Waals surface area contributed by atoms with Gasteiger partial charge in [-0.25, -0.2) is 13.1 Å². The van der Waals surface area contributed by atoms with Gasteiger partial charge < -0.3 is 5.32 Å². The molecule has 1 saturated carbocycles. The Labute approximate surface area is 97.0 Å². The Morgan fingerprint density at radius 1 is 1.31 bits per heavy atom. The van der Waals surface area contributed by atoms with E-state index >= 15 is 0 Å². The average molecular weight is 248 g/mol. The van der Waals surface area contributed by atoms with Crippen molar-refractivity contribution in [1.29, 1.82) is 0 Å². The van der Waals surface area contributed by atoms with Crippen LogP contribution in [-0.2, 0) is 14.8 Å². The maximum Gasteiger partial charge on any atom is 0.235 e. The highest BCUT2D eigenvalue weighted by atomic mass is 32.2. The molecule has 16 heavy (non-hydrogen) atoms. The number of amides is 1. The molecule has 0 aromatic heterocycles. The van der Waals surface area contributed by atoms with Crippen molar-refractivity contribution >= 4 is 15.9 Å².